The smallest absolute Gasteiger partial charge is 0.340 e. The van der Waals surface area contributed by atoms with Gasteiger partial charge in [0.1, 0.15) is 0 Å². The maximum atomic E-state index is 12.7. The summed E-state index contributed by atoms with van der Waals surface area (Å²) in [6.07, 6.45) is 4.05. The van der Waals surface area contributed by atoms with Crippen molar-refractivity contribution in [3.8, 4) is 0 Å². The molecule has 0 atom stereocenters. The number of nitrogens with zero attached hydrogens (tertiary/aromatic N) is 2. The molecule has 3 aromatic carbocycles. The summed E-state index contributed by atoms with van der Waals surface area (Å²) < 4.78 is 12.2. The molecule has 7 nitrogen and oxygen atoms in total. The van der Waals surface area contributed by atoms with E-state index in [9.17, 15) is 9.59 Å². The van der Waals surface area contributed by atoms with Crippen LogP contribution in [0.15, 0.2) is 72.8 Å². The average molecular weight is 534 g/mol. The third-order valence-electron chi connectivity index (χ3n) is 7.74. The van der Waals surface area contributed by atoms with Gasteiger partial charge in [0, 0.05) is 34.4 Å². The molecule has 6 rings (SSSR count). The molecule has 1 N–H and O–H groups in total. The number of aromatic nitrogens is 2. The minimum absolute atomic E-state index is 0.361. The molecule has 0 saturated carbocycles. The lowest BCUT2D eigenvalue weighted by Crippen LogP contribution is -2.13. The summed E-state index contributed by atoms with van der Waals surface area (Å²) in [5.41, 5.74) is 7.66. The number of esters is 2. The zero-order valence-corrected chi connectivity index (χ0v) is 22.7. The molecule has 0 spiro atoms. The van der Waals surface area contributed by atoms with E-state index in [2.05, 4.69) is 46.3 Å². The largest absolute Gasteiger partial charge is 0.465 e. The van der Waals surface area contributed by atoms with Crippen molar-refractivity contribution in [3.63, 3.8) is 0 Å². The van der Waals surface area contributed by atoms with E-state index < -0.39 is 11.9 Å². The SMILES string of the molecule is COC(=O)c1c(C(=O)OC)c2n(c1CCCc1ccc(Nc3c4ccccc4nc4ccccc34)cc1)CCC2. The van der Waals surface area contributed by atoms with Crippen molar-refractivity contribution in [3.05, 3.63) is 101 Å². The Morgan fingerprint density at radius 3 is 2.10 bits per heavy atom. The van der Waals surface area contributed by atoms with Gasteiger partial charge in [0.15, 0.2) is 0 Å². The number of anilines is 2. The average Bonchev–Trinajstić information content (AvgIpc) is 3.58. The lowest BCUT2D eigenvalue weighted by molar-refractivity contribution is 0.0554. The summed E-state index contributed by atoms with van der Waals surface area (Å²) in [5.74, 6) is -0.959. The molecule has 0 radical (unpaired) electrons. The van der Waals surface area contributed by atoms with E-state index in [0.29, 0.717) is 17.5 Å². The minimum Gasteiger partial charge on any atom is -0.465 e. The molecular formula is C33H31N3O4. The standard InChI is InChI=1S/C33H31N3O4/c1-39-32(37)29-27(36-20-8-15-28(36)30(29)33(38)40-2)14-7-9-21-16-18-22(19-17-21)34-31-23-10-3-5-12-25(23)35-26-13-6-4-11-24(26)31/h3-6,10-13,16-19H,7-9,14-15,20H2,1-2H3,(H,34,35). The topological polar surface area (TPSA) is 82.5 Å². The molecule has 40 heavy (non-hydrogen) atoms. The first-order chi connectivity index (χ1) is 19.6. The Labute approximate surface area is 232 Å². The molecule has 0 saturated heterocycles. The molecule has 1 aliphatic heterocycles. The van der Waals surface area contributed by atoms with Crippen molar-refractivity contribution >= 4 is 45.1 Å². The highest BCUT2D eigenvalue weighted by Crippen LogP contribution is 2.34. The van der Waals surface area contributed by atoms with Crippen molar-refractivity contribution in [2.24, 2.45) is 0 Å². The molecule has 0 aliphatic carbocycles. The minimum atomic E-state index is -0.483. The van der Waals surface area contributed by atoms with Crippen LogP contribution in [0.5, 0.6) is 0 Å². The van der Waals surface area contributed by atoms with E-state index in [1.54, 1.807) is 0 Å². The summed E-state index contributed by atoms with van der Waals surface area (Å²) in [6.45, 7) is 0.796. The number of ether oxygens (including phenoxy) is 2. The lowest BCUT2D eigenvalue weighted by atomic mass is 10.0. The van der Waals surface area contributed by atoms with E-state index in [1.807, 2.05) is 36.4 Å². The number of aryl methyl sites for hydroxylation is 1. The van der Waals surface area contributed by atoms with E-state index in [1.165, 1.54) is 19.8 Å². The maximum Gasteiger partial charge on any atom is 0.340 e. The number of methoxy groups -OCH3 is 2. The number of benzene rings is 3. The van der Waals surface area contributed by atoms with Crippen LogP contribution in [0.1, 0.15) is 50.5 Å². The van der Waals surface area contributed by atoms with Gasteiger partial charge in [0.05, 0.1) is 42.1 Å². The van der Waals surface area contributed by atoms with Crippen LogP contribution in [0, 0.1) is 0 Å². The molecule has 2 aromatic heterocycles. The Morgan fingerprint density at radius 1 is 0.825 bits per heavy atom. The van der Waals surface area contributed by atoms with Crippen LogP contribution in [0.2, 0.25) is 0 Å². The zero-order valence-electron chi connectivity index (χ0n) is 22.7. The number of carbonyl (C=O) groups excluding carboxylic acids is 2. The Hall–Kier alpha value is -4.65. The number of carbonyl (C=O) groups is 2. The summed E-state index contributed by atoms with van der Waals surface area (Å²) in [4.78, 5) is 30.1. The van der Waals surface area contributed by atoms with E-state index >= 15 is 0 Å². The van der Waals surface area contributed by atoms with Crippen molar-refractivity contribution in [2.75, 3.05) is 19.5 Å². The monoisotopic (exact) mass is 533 g/mol. The van der Waals surface area contributed by atoms with Crippen molar-refractivity contribution in [1.82, 2.24) is 9.55 Å². The van der Waals surface area contributed by atoms with Gasteiger partial charge < -0.3 is 19.4 Å². The van der Waals surface area contributed by atoms with Gasteiger partial charge >= 0.3 is 11.9 Å². The molecular weight excluding hydrogens is 502 g/mol. The third kappa shape index (κ3) is 4.57. The fourth-order valence-electron chi connectivity index (χ4n) is 5.89. The first-order valence-corrected chi connectivity index (χ1v) is 13.6. The van der Waals surface area contributed by atoms with Crippen molar-refractivity contribution < 1.29 is 19.1 Å². The second-order valence-corrected chi connectivity index (χ2v) is 10.1. The molecule has 5 aromatic rings. The van der Waals surface area contributed by atoms with Crippen molar-refractivity contribution in [2.45, 2.75) is 38.6 Å². The molecule has 7 heteroatoms. The highest BCUT2D eigenvalue weighted by molar-refractivity contribution is 6.08. The number of pyridine rings is 1. The molecule has 0 unspecified atom stereocenters. The van der Waals surface area contributed by atoms with Crippen LogP contribution in [-0.4, -0.2) is 35.7 Å². The zero-order chi connectivity index (χ0) is 27.6. The summed E-state index contributed by atoms with van der Waals surface area (Å²) in [6, 6.07) is 24.8. The molecule has 0 bridgehead atoms. The quantitative estimate of drug-likeness (QED) is 0.178. The van der Waals surface area contributed by atoms with Gasteiger partial charge in [-0.25, -0.2) is 14.6 Å². The van der Waals surface area contributed by atoms with Gasteiger partial charge in [-0.1, -0.05) is 48.5 Å². The van der Waals surface area contributed by atoms with Gasteiger partial charge in [-0.3, -0.25) is 0 Å². The number of fused-ring (bicyclic) bond motifs is 3. The maximum absolute atomic E-state index is 12.7. The number of para-hydroxylation sites is 2. The number of nitrogens with one attached hydrogen (secondary N) is 1. The number of rotatable bonds is 8. The van der Waals surface area contributed by atoms with Gasteiger partial charge in [0.25, 0.3) is 0 Å². The van der Waals surface area contributed by atoms with E-state index in [-0.39, 0.29) is 0 Å². The normalized spacial score (nSPS) is 12.4. The van der Waals surface area contributed by atoms with Crippen molar-refractivity contribution in [1.29, 1.82) is 0 Å². The number of hydrogen-bond acceptors (Lipinski definition) is 6. The molecule has 3 heterocycles. The Morgan fingerprint density at radius 2 is 1.45 bits per heavy atom. The van der Waals surface area contributed by atoms with Gasteiger partial charge in [-0.2, -0.15) is 0 Å². The summed E-state index contributed by atoms with van der Waals surface area (Å²) in [7, 11) is 2.70. The molecule has 1 aliphatic rings. The molecule has 0 fully saturated rings. The Balaban J connectivity index is 1.21. The highest BCUT2D eigenvalue weighted by atomic mass is 16.5. The predicted octanol–water partition coefficient (Wildman–Crippen LogP) is 6.63. The summed E-state index contributed by atoms with van der Waals surface area (Å²) in [5, 5.41) is 5.80. The van der Waals surface area contributed by atoms with Crippen LogP contribution in [0.25, 0.3) is 21.8 Å². The van der Waals surface area contributed by atoms with Crippen LogP contribution in [0.3, 0.4) is 0 Å². The van der Waals surface area contributed by atoms with E-state index in [0.717, 1.165) is 76.8 Å². The van der Waals surface area contributed by atoms with E-state index in [4.69, 9.17) is 14.5 Å². The highest BCUT2D eigenvalue weighted by Gasteiger charge is 2.33. The molecule has 0 amide bonds. The van der Waals surface area contributed by atoms with Crippen LogP contribution in [0.4, 0.5) is 11.4 Å². The first kappa shape index (κ1) is 25.6. The Kier molecular flexibility index (Phi) is 6.95. The fourth-order valence-corrected chi connectivity index (χ4v) is 5.89. The van der Waals surface area contributed by atoms with Crippen LogP contribution >= 0.6 is 0 Å². The van der Waals surface area contributed by atoms with Crippen LogP contribution < -0.4 is 5.32 Å². The van der Waals surface area contributed by atoms with Gasteiger partial charge in [-0.05, 0) is 61.9 Å². The fraction of sp³-hybridized carbons (Fsp3) is 0.242. The van der Waals surface area contributed by atoms with Gasteiger partial charge in [0.2, 0.25) is 0 Å². The third-order valence-corrected chi connectivity index (χ3v) is 7.74. The second kappa shape index (κ2) is 10.8. The summed E-state index contributed by atoms with van der Waals surface area (Å²) >= 11 is 0. The first-order valence-electron chi connectivity index (χ1n) is 13.6. The van der Waals surface area contributed by atoms with Crippen LogP contribution in [-0.2, 0) is 35.3 Å². The molecule has 202 valence electrons. The second-order valence-electron chi connectivity index (χ2n) is 10.1. The lowest BCUT2D eigenvalue weighted by Gasteiger charge is -2.14. The number of hydrogen-bond donors (Lipinski definition) is 1. The predicted molar refractivity (Wildman–Crippen MR) is 156 cm³/mol. The van der Waals surface area contributed by atoms with Gasteiger partial charge in [-0.15, -0.1) is 0 Å². The Bertz CT molecular complexity index is 1680.